The van der Waals surface area contributed by atoms with Gasteiger partial charge in [-0.05, 0) is 30.7 Å². The van der Waals surface area contributed by atoms with Crippen molar-refractivity contribution in [2.75, 3.05) is 42.1 Å². The molecule has 0 aliphatic carbocycles. The van der Waals surface area contributed by atoms with E-state index >= 15 is 0 Å². The van der Waals surface area contributed by atoms with E-state index in [0.717, 1.165) is 43.7 Å². The lowest BCUT2D eigenvalue weighted by atomic mass is 9.94. The van der Waals surface area contributed by atoms with E-state index in [1.807, 2.05) is 6.07 Å². The van der Waals surface area contributed by atoms with Gasteiger partial charge in [0.25, 0.3) is 0 Å². The average Bonchev–Trinajstić information content (AvgIpc) is 2.88. The Kier molecular flexibility index (Phi) is 4.12. The van der Waals surface area contributed by atoms with Gasteiger partial charge in [-0.15, -0.1) is 0 Å². The van der Waals surface area contributed by atoms with E-state index in [2.05, 4.69) is 46.3 Å². The molecule has 0 aromatic carbocycles. The van der Waals surface area contributed by atoms with Crippen molar-refractivity contribution in [2.45, 2.75) is 39.7 Å². The molecular formula is C16H28N6. The summed E-state index contributed by atoms with van der Waals surface area (Å²) in [6.45, 7) is 10.7. The van der Waals surface area contributed by atoms with Gasteiger partial charge in [-0.25, -0.2) is 0 Å². The van der Waals surface area contributed by atoms with Crippen molar-refractivity contribution in [3.05, 3.63) is 6.07 Å². The topological polar surface area (TPSA) is 79.1 Å². The zero-order valence-corrected chi connectivity index (χ0v) is 13.9. The molecule has 2 fully saturated rings. The summed E-state index contributed by atoms with van der Waals surface area (Å²) in [5.41, 5.74) is 6.11. The number of anilines is 3. The molecule has 0 amide bonds. The fourth-order valence-corrected chi connectivity index (χ4v) is 3.29. The van der Waals surface area contributed by atoms with Gasteiger partial charge in [0.05, 0.1) is 0 Å². The number of nitrogen functional groups attached to an aromatic ring is 1. The van der Waals surface area contributed by atoms with Gasteiger partial charge in [-0.2, -0.15) is 9.97 Å². The standard InChI is InChI=1S/C16H28N6/c1-16(2,3)10-19-13-7-14(21-15(17)20-13)22-8-11-5-4-6-18-12(11)9-22/h7,11-12,18H,4-6,8-10H2,1-3H3,(H3,17,19,20,21). The molecule has 2 atom stereocenters. The minimum atomic E-state index is 0.201. The zero-order valence-electron chi connectivity index (χ0n) is 13.9. The molecule has 6 heteroatoms. The fraction of sp³-hybridized carbons (Fsp3) is 0.750. The maximum atomic E-state index is 5.91. The summed E-state index contributed by atoms with van der Waals surface area (Å²) in [5, 5.41) is 7.00. The molecule has 2 saturated heterocycles. The second-order valence-corrected chi connectivity index (χ2v) is 7.75. The van der Waals surface area contributed by atoms with Crippen LogP contribution in [0.15, 0.2) is 6.07 Å². The largest absolute Gasteiger partial charge is 0.369 e. The Hall–Kier alpha value is -1.56. The monoisotopic (exact) mass is 304 g/mol. The van der Waals surface area contributed by atoms with E-state index in [1.165, 1.54) is 12.8 Å². The first kappa shape index (κ1) is 15.3. The molecule has 0 bridgehead atoms. The summed E-state index contributed by atoms with van der Waals surface area (Å²) in [4.78, 5) is 11.1. The first-order valence-corrected chi connectivity index (χ1v) is 8.27. The van der Waals surface area contributed by atoms with Gasteiger partial charge in [-0.1, -0.05) is 20.8 Å². The molecule has 2 aliphatic rings. The molecule has 0 radical (unpaired) electrons. The molecule has 3 heterocycles. The fourth-order valence-electron chi connectivity index (χ4n) is 3.29. The highest BCUT2D eigenvalue weighted by Gasteiger charge is 2.35. The van der Waals surface area contributed by atoms with Crippen LogP contribution in [-0.2, 0) is 0 Å². The minimum absolute atomic E-state index is 0.201. The number of nitrogens with two attached hydrogens (primary N) is 1. The number of nitrogens with one attached hydrogen (secondary N) is 2. The van der Waals surface area contributed by atoms with Crippen LogP contribution in [0.3, 0.4) is 0 Å². The molecule has 1 aromatic rings. The van der Waals surface area contributed by atoms with Crippen molar-refractivity contribution in [3.63, 3.8) is 0 Å². The van der Waals surface area contributed by atoms with Gasteiger partial charge >= 0.3 is 0 Å². The second-order valence-electron chi connectivity index (χ2n) is 7.75. The number of nitrogens with zero attached hydrogens (tertiary/aromatic N) is 3. The predicted molar refractivity (Wildman–Crippen MR) is 91.1 cm³/mol. The Morgan fingerprint density at radius 3 is 2.91 bits per heavy atom. The molecule has 0 spiro atoms. The summed E-state index contributed by atoms with van der Waals surface area (Å²) in [6.07, 6.45) is 2.59. The van der Waals surface area contributed by atoms with E-state index in [-0.39, 0.29) is 5.41 Å². The third-order valence-corrected chi connectivity index (χ3v) is 4.45. The highest BCUT2D eigenvalue weighted by atomic mass is 15.3. The average molecular weight is 304 g/mol. The lowest BCUT2D eigenvalue weighted by molar-refractivity contribution is 0.340. The van der Waals surface area contributed by atoms with Gasteiger partial charge in [0, 0.05) is 31.7 Å². The summed E-state index contributed by atoms with van der Waals surface area (Å²) in [7, 11) is 0. The van der Waals surface area contributed by atoms with Crippen LogP contribution in [0.1, 0.15) is 33.6 Å². The smallest absolute Gasteiger partial charge is 0.223 e. The molecule has 22 heavy (non-hydrogen) atoms. The number of hydrogen-bond donors (Lipinski definition) is 3. The highest BCUT2D eigenvalue weighted by Crippen LogP contribution is 2.29. The van der Waals surface area contributed by atoms with Gasteiger partial charge < -0.3 is 21.3 Å². The van der Waals surface area contributed by atoms with Crippen molar-refractivity contribution in [2.24, 2.45) is 11.3 Å². The maximum Gasteiger partial charge on any atom is 0.223 e. The molecule has 2 aliphatic heterocycles. The van der Waals surface area contributed by atoms with Crippen LogP contribution in [-0.4, -0.2) is 42.2 Å². The van der Waals surface area contributed by atoms with Crippen molar-refractivity contribution in [1.82, 2.24) is 15.3 Å². The van der Waals surface area contributed by atoms with Crippen LogP contribution in [0, 0.1) is 11.3 Å². The van der Waals surface area contributed by atoms with E-state index in [1.54, 1.807) is 0 Å². The Morgan fingerprint density at radius 1 is 1.36 bits per heavy atom. The lowest BCUT2D eigenvalue weighted by Crippen LogP contribution is -2.40. The van der Waals surface area contributed by atoms with Gasteiger partial charge in [0.1, 0.15) is 11.6 Å². The van der Waals surface area contributed by atoms with Crippen LogP contribution in [0.4, 0.5) is 17.6 Å². The van der Waals surface area contributed by atoms with Gasteiger partial charge in [0.15, 0.2) is 0 Å². The van der Waals surface area contributed by atoms with Crippen molar-refractivity contribution < 1.29 is 0 Å². The number of aromatic nitrogens is 2. The summed E-state index contributed by atoms with van der Waals surface area (Å²) in [5.74, 6) is 2.84. The molecule has 122 valence electrons. The minimum Gasteiger partial charge on any atom is -0.369 e. The van der Waals surface area contributed by atoms with E-state index < -0.39 is 0 Å². The van der Waals surface area contributed by atoms with Crippen molar-refractivity contribution in [1.29, 1.82) is 0 Å². The molecule has 3 rings (SSSR count). The number of rotatable bonds is 3. The summed E-state index contributed by atoms with van der Waals surface area (Å²) < 4.78 is 0. The van der Waals surface area contributed by atoms with Crippen LogP contribution in [0.25, 0.3) is 0 Å². The molecular weight excluding hydrogens is 276 g/mol. The maximum absolute atomic E-state index is 5.91. The Morgan fingerprint density at radius 2 is 2.18 bits per heavy atom. The quantitative estimate of drug-likeness (QED) is 0.789. The highest BCUT2D eigenvalue weighted by molar-refractivity contribution is 5.53. The lowest BCUT2D eigenvalue weighted by Gasteiger charge is -2.24. The van der Waals surface area contributed by atoms with E-state index in [0.29, 0.717) is 12.0 Å². The summed E-state index contributed by atoms with van der Waals surface area (Å²) in [6, 6.07) is 2.62. The van der Waals surface area contributed by atoms with Crippen LogP contribution < -0.4 is 21.3 Å². The predicted octanol–water partition coefficient (Wildman–Crippen LogP) is 1.70. The van der Waals surface area contributed by atoms with Crippen molar-refractivity contribution in [3.8, 4) is 0 Å². The third-order valence-electron chi connectivity index (χ3n) is 4.45. The molecule has 2 unspecified atom stereocenters. The van der Waals surface area contributed by atoms with Gasteiger partial charge in [0.2, 0.25) is 5.95 Å². The van der Waals surface area contributed by atoms with E-state index in [9.17, 15) is 0 Å². The zero-order chi connectivity index (χ0) is 15.7. The molecule has 0 saturated carbocycles. The number of piperidine rings is 1. The second kappa shape index (κ2) is 5.91. The van der Waals surface area contributed by atoms with E-state index in [4.69, 9.17) is 5.73 Å². The molecule has 4 N–H and O–H groups in total. The molecule has 1 aromatic heterocycles. The van der Waals surface area contributed by atoms with Crippen molar-refractivity contribution >= 4 is 17.6 Å². The summed E-state index contributed by atoms with van der Waals surface area (Å²) >= 11 is 0. The normalized spacial score (nSPS) is 25.1. The SMILES string of the molecule is CC(C)(C)CNc1cc(N2CC3CCCNC3C2)nc(N)n1. The number of hydrogen-bond acceptors (Lipinski definition) is 6. The van der Waals surface area contributed by atoms with Crippen LogP contribution in [0.5, 0.6) is 0 Å². The Bertz CT molecular complexity index is 510. The molecule has 6 nitrogen and oxygen atoms in total. The van der Waals surface area contributed by atoms with Gasteiger partial charge in [-0.3, -0.25) is 0 Å². The first-order chi connectivity index (χ1) is 10.4. The van der Waals surface area contributed by atoms with Crippen LogP contribution >= 0.6 is 0 Å². The Labute approximate surface area is 132 Å². The third kappa shape index (κ3) is 3.61. The Balaban J connectivity index is 1.72. The number of fused-ring (bicyclic) bond motifs is 1. The first-order valence-electron chi connectivity index (χ1n) is 8.27. The van der Waals surface area contributed by atoms with Crippen LogP contribution in [0.2, 0.25) is 0 Å².